The van der Waals surface area contributed by atoms with Gasteiger partial charge in [0.25, 0.3) is 0 Å². The van der Waals surface area contributed by atoms with Gasteiger partial charge >= 0.3 is 5.97 Å². The van der Waals surface area contributed by atoms with Gasteiger partial charge in [0.1, 0.15) is 5.56 Å². The number of hydrogen-bond acceptors (Lipinski definition) is 4. The molecule has 28 heavy (non-hydrogen) atoms. The standard InChI is InChI=1S/C21H19ClN2O3S/c22-17-12(16-8-10-2-1-3-15(23)20(10)28-16)6-7-13-18(17)24(11-4-5-11)9-14(19(13)25)21(26)27/h6-9,11,15H,1-5,23H2,(H,26,27). The average molecular weight is 415 g/mol. The van der Waals surface area contributed by atoms with Crippen LogP contribution >= 0.6 is 22.9 Å². The summed E-state index contributed by atoms with van der Waals surface area (Å²) < 4.78 is 1.88. The van der Waals surface area contributed by atoms with E-state index in [9.17, 15) is 14.7 Å². The van der Waals surface area contributed by atoms with Crippen molar-refractivity contribution in [1.29, 1.82) is 0 Å². The van der Waals surface area contributed by atoms with Gasteiger partial charge in [0.15, 0.2) is 0 Å². The summed E-state index contributed by atoms with van der Waals surface area (Å²) in [5.74, 6) is -1.21. The maximum Gasteiger partial charge on any atom is 0.341 e. The lowest BCUT2D eigenvalue weighted by Gasteiger charge is -2.17. The number of thiophene rings is 1. The summed E-state index contributed by atoms with van der Waals surface area (Å²) in [4.78, 5) is 26.5. The largest absolute Gasteiger partial charge is 0.477 e. The van der Waals surface area contributed by atoms with Gasteiger partial charge in [0.2, 0.25) is 5.43 Å². The first-order chi connectivity index (χ1) is 13.5. The van der Waals surface area contributed by atoms with Crippen molar-refractivity contribution in [2.75, 3.05) is 0 Å². The summed E-state index contributed by atoms with van der Waals surface area (Å²) >= 11 is 8.50. The molecule has 1 atom stereocenters. The van der Waals surface area contributed by atoms with E-state index in [0.29, 0.717) is 15.9 Å². The monoisotopic (exact) mass is 414 g/mol. The molecule has 0 amide bonds. The zero-order chi connectivity index (χ0) is 19.6. The number of aromatic carboxylic acids is 1. The van der Waals surface area contributed by atoms with Crippen LogP contribution in [0.1, 0.15) is 58.6 Å². The summed E-state index contributed by atoms with van der Waals surface area (Å²) in [5, 5.41) is 10.3. The molecule has 0 saturated heterocycles. The van der Waals surface area contributed by atoms with E-state index in [1.54, 1.807) is 17.4 Å². The molecule has 2 aromatic heterocycles. The van der Waals surface area contributed by atoms with Crippen molar-refractivity contribution >= 4 is 39.8 Å². The van der Waals surface area contributed by atoms with Crippen LogP contribution in [0.3, 0.4) is 0 Å². The minimum atomic E-state index is -1.21. The number of pyridine rings is 1. The molecular weight excluding hydrogens is 396 g/mol. The first kappa shape index (κ1) is 17.9. The van der Waals surface area contributed by atoms with E-state index in [1.165, 1.54) is 16.6 Å². The molecule has 2 aliphatic carbocycles. The molecule has 5 rings (SSSR count). The Labute approximate surface area is 170 Å². The number of nitrogens with two attached hydrogens (primary N) is 1. The minimum absolute atomic E-state index is 0.0736. The zero-order valence-corrected chi connectivity index (χ0v) is 16.6. The Morgan fingerprint density at radius 1 is 1.29 bits per heavy atom. The summed E-state index contributed by atoms with van der Waals surface area (Å²) in [6.45, 7) is 0. The predicted octanol–water partition coefficient (Wildman–Crippen LogP) is 4.75. The van der Waals surface area contributed by atoms with E-state index < -0.39 is 11.4 Å². The third kappa shape index (κ3) is 2.70. The lowest BCUT2D eigenvalue weighted by Crippen LogP contribution is -2.19. The van der Waals surface area contributed by atoms with Crippen molar-refractivity contribution in [3.05, 3.63) is 55.6 Å². The number of hydrogen-bond donors (Lipinski definition) is 2. The second-order valence-corrected chi connectivity index (χ2v) is 9.10. The second-order valence-electron chi connectivity index (χ2n) is 7.64. The van der Waals surface area contributed by atoms with Gasteiger partial charge in [-0.05, 0) is 49.8 Å². The molecule has 1 saturated carbocycles. The highest BCUT2D eigenvalue weighted by atomic mass is 35.5. The van der Waals surface area contributed by atoms with Crippen molar-refractivity contribution in [1.82, 2.24) is 4.57 Å². The maximum atomic E-state index is 12.7. The summed E-state index contributed by atoms with van der Waals surface area (Å²) in [6, 6.07) is 5.97. The molecule has 2 aliphatic rings. The van der Waals surface area contributed by atoms with Crippen LogP contribution in [0.15, 0.2) is 29.2 Å². The fourth-order valence-corrected chi connectivity index (χ4v) is 5.82. The van der Waals surface area contributed by atoms with Gasteiger partial charge in [0, 0.05) is 39.0 Å². The van der Waals surface area contributed by atoms with Crippen molar-refractivity contribution < 1.29 is 9.90 Å². The lowest BCUT2D eigenvalue weighted by molar-refractivity contribution is 0.0695. The van der Waals surface area contributed by atoms with Crippen LogP contribution in [0.25, 0.3) is 21.3 Å². The van der Waals surface area contributed by atoms with E-state index in [-0.39, 0.29) is 17.6 Å². The SMILES string of the molecule is NC1CCCc2cc(-c3ccc4c(=O)c(C(=O)O)cn(C5CC5)c4c3Cl)sc21. The number of fused-ring (bicyclic) bond motifs is 2. The molecule has 1 unspecified atom stereocenters. The van der Waals surface area contributed by atoms with Crippen molar-refractivity contribution in [3.8, 4) is 10.4 Å². The number of carboxylic acid groups (broad SMARTS) is 1. The Morgan fingerprint density at radius 3 is 2.75 bits per heavy atom. The smallest absolute Gasteiger partial charge is 0.341 e. The lowest BCUT2D eigenvalue weighted by atomic mass is 9.95. The van der Waals surface area contributed by atoms with Gasteiger partial charge in [-0.2, -0.15) is 0 Å². The van der Waals surface area contributed by atoms with Crippen LogP contribution in [0.5, 0.6) is 0 Å². The van der Waals surface area contributed by atoms with E-state index in [2.05, 4.69) is 6.07 Å². The van der Waals surface area contributed by atoms with Gasteiger partial charge in [-0.15, -0.1) is 11.3 Å². The third-order valence-electron chi connectivity index (χ3n) is 5.71. The number of nitrogens with zero attached hydrogens (tertiary/aromatic N) is 1. The highest BCUT2D eigenvalue weighted by Crippen LogP contribution is 2.45. The Bertz CT molecular complexity index is 1190. The minimum Gasteiger partial charge on any atom is -0.477 e. The average Bonchev–Trinajstić information content (AvgIpc) is 3.41. The summed E-state index contributed by atoms with van der Waals surface area (Å²) in [6.07, 6.45) is 6.49. The number of carboxylic acids is 1. The Balaban J connectivity index is 1.76. The first-order valence-electron chi connectivity index (χ1n) is 9.45. The maximum absolute atomic E-state index is 12.7. The van der Waals surface area contributed by atoms with Crippen LogP contribution < -0.4 is 11.2 Å². The predicted molar refractivity (Wildman–Crippen MR) is 112 cm³/mol. The molecule has 0 radical (unpaired) electrons. The van der Waals surface area contributed by atoms with Crippen molar-refractivity contribution in [2.24, 2.45) is 5.73 Å². The molecule has 5 nitrogen and oxygen atoms in total. The van der Waals surface area contributed by atoms with Crippen LogP contribution in [-0.4, -0.2) is 15.6 Å². The molecule has 1 aromatic carbocycles. The molecule has 2 heterocycles. The molecule has 0 bridgehead atoms. The Kier molecular flexibility index (Phi) is 4.12. The molecular formula is C21H19ClN2O3S. The van der Waals surface area contributed by atoms with E-state index in [0.717, 1.165) is 42.5 Å². The van der Waals surface area contributed by atoms with Crippen LogP contribution in [-0.2, 0) is 6.42 Å². The number of benzene rings is 1. The number of aromatic nitrogens is 1. The molecule has 0 spiro atoms. The topological polar surface area (TPSA) is 85.3 Å². The highest BCUT2D eigenvalue weighted by molar-refractivity contribution is 7.15. The van der Waals surface area contributed by atoms with Crippen LogP contribution in [0.2, 0.25) is 5.02 Å². The Hall–Kier alpha value is -2.15. The van der Waals surface area contributed by atoms with Crippen LogP contribution in [0, 0.1) is 0 Å². The summed E-state index contributed by atoms with van der Waals surface area (Å²) in [7, 11) is 0. The quantitative estimate of drug-likeness (QED) is 0.647. The number of aryl methyl sites for hydroxylation is 1. The van der Waals surface area contributed by atoms with E-state index in [1.807, 2.05) is 10.6 Å². The number of rotatable bonds is 3. The molecule has 0 aliphatic heterocycles. The third-order valence-corrected chi connectivity index (χ3v) is 7.43. The molecule has 144 valence electrons. The Morgan fingerprint density at radius 2 is 2.07 bits per heavy atom. The molecule has 7 heteroatoms. The normalized spacial score (nSPS) is 19.0. The number of carbonyl (C=O) groups is 1. The molecule has 1 fully saturated rings. The van der Waals surface area contributed by atoms with Gasteiger partial charge in [-0.25, -0.2) is 4.79 Å². The second kappa shape index (κ2) is 6.44. The number of halogens is 1. The van der Waals surface area contributed by atoms with Gasteiger partial charge < -0.3 is 15.4 Å². The zero-order valence-electron chi connectivity index (χ0n) is 15.1. The fourth-order valence-electron chi connectivity index (χ4n) is 4.12. The van der Waals surface area contributed by atoms with Gasteiger partial charge in [-0.1, -0.05) is 17.7 Å². The van der Waals surface area contributed by atoms with Gasteiger partial charge in [0.05, 0.1) is 10.5 Å². The van der Waals surface area contributed by atoms with Crippen molar-refractivity contribution in [3.63, 3.8) is 0 Å². The van der Waals surface area contributed by atoms with Gasteiger partial charge in [-0.3, -0.25) is 4.79 Å². The van der Waals surface area contributed by atoms with Crippen molar-refractivity contribution in [2.45, 2.75) is 44.2 Å². The fraction of sp³-hybridized carbons (Fsp3) is 0.333. The van der Waals surface area contributed by atoms with E-state index >= 15 is 0 Å². The van der Waals surface area contributed by atoms with Crippen LogP contribution in [0.4, 0.5) is 0 Å². The molecule has 3 aromatic rings. The highest BCUT2D eigenvalue weighted by Gasteiger charge is 2.29. The molecule has 3 N–H and O–H groups in total. The first-order valence-corrected chi connectivity index (χ1v) is 10.6. The van der Waals surface area contributed by atoms with E-state index in [4.69, 9.17) is 17.3 Å². The summed E-state index contributed by atoms with van der Waals surface area (Å²) in [5.41, 5.74) is 8.38.